The lowest BCUT2D eigenvalue weighted by molar-refractivity contribution is 0.254. The molecule has 21 heavy (non-hydrogen) atoms. The van der Waals surface area contributed by atoms with Crippen LogP contribution < -0.4 is 10.2 Å². The number of nitrogens with one attached hydrogen (secondary N) is 1. The Morgan fingerprint density at radius 2 is 2.14 bits per heavy atom. The Kier molecular flexibility index (Phi) is 6.00. The molecule has 1 fully saturated rings. The van der Waals surface area contributed by atoms with Crippen molar-refractivity contribution in [1.29, 1.82) is 0 Å². The van der Waals surface area contributed by atoms with Gasteiger partial charge in [-0.05, 0) is 30.5 Å². The molecule has 118 valence electrons. The molecule has 1 atom stereocenters. The van der Waals surface area contributed by atoms with Crippen molar-refractivity contribution >= 4 is 5.69 Å². The minimum Gasteiger partial charge on any atom is -0.394 e. The zero-order valence-electron chi connectivity index (χ0n) is 13.1. The number of nitrogens with zero attached hydrogens (tertiary/aromatic N) is 1. The normalized spacial score (nSPS) is 19.9. The quantitative estimate of drug-likeness (QED) is 0.876. The van der Waals surface area contributed by atoms with E-state index in [4.69, 9.17) is 0 Å². The van der Waals surface area contributed by atoms with Crippen molar-refractivity contribution in [1.82, 2.24) is 5.32 Å². The first-order valence-corrected chi connectivity index (χ1v) is 8.01. The van der Waals surface area contributed by atoms with Gasteiger partial charge in [-0.25, -0.2) is 4.39 Å². The van der Waals surface area contributed by atoms with E-state index in [1.807, 2.05) is 17.0 Å². The molecule has 1 aliphatic heterocycles. The molecule has 1 unspecified atom stereocenters. The summed E-state index contributed by atoms with van der Waals surface area (Å²) in [6.07, 6.45) is 4.27. The van der Waals surface area contributed by atoms with Gasteiger partial charge in [0.25, 0.3) is 0 Å². The fraction of sp³-hybridized carbons (Fsp3) is 0.647. The summed E-state index contributed by atoms with van der Waals surface area (Å²) in [7, 11) is 0. The molecule has 0 aromatic heterocycles. The van der Waals surface area contributed by atoms with Crippen molar-refractivity contribution < 1.29 is 9.50 Å². The molecular formula is C17H27FN2O. The van der Waals surface area contributed by atoms with E-state index in [2.05, 4.69) is 19.2 Å². The number of aliphatic hydroxyl groups excluding tert-OH is 1. The lowest BCUT2D eigenvalue weighted by atomic mass is 10.1. The first kappa shape index (κ1) is 16.2. The van der Waals surface area contributed by atoms with Crippen molar-refractivity contribution in [3.8, 4) is 0 Å². The molecule has 0 radical (unpaired) electrons. The zero-order chi connectivity index (χ0) is 15.2. The number of hydrogen-bond donors (Lipinski definition) is 2. The highest BCUT2D eigenvalue weighted by Gasteiger charge is 2.22. The summed E-state index contributed by atoms with van der Waals surface area (Å²) in [4.78, 5) is 2.04. The molecule has 1 aromatic carbocycles. The first-order valence-electron chi connectivity index (χ1n) is 8.01. The van der Waals surface area contributed by atoms with Crippen molar-refractivity contribution in [2.45, 2.75) is 58.2 Å². The van der Waals surface area contributed by atoms with Crippen LogP contribution in [0.15, 0.2) is 18.2 Å². The molecule has 1 aromatic rings. The molecule has 2 rings (SSSR count). The van der Waals surface area contributed by atoms with Gasteiger partial charge in [0.05, 0.1) is 18.3 Å². The smallest absolute Gasteiger partial charge is 0.146 e. The third-order valence-electron chi connectivity index (χ3n) is 4.12. The molecular weight excluding hydrogens is 267 g/mol. The van der Waals surface area contributed by atoms with E-state index in [-0.39, 0.29) is 18.5 Å². The Bertz CT molecular complexity index is 450. The van der Waals surface area contributed by atoms with Gasteiger partial charge < -0.3 is 15.3 Å². The number of benzene rings is 1. The fourth-order valence-corrected chi connectivity index (χ4v) is 2.90. The van der Waals surface area contributed by atoms with E-state index < -0.39 is 0 Å². The molecule has 0 saturated carbocycles. The Labute approximate surface area is 127 Å². The van der Waals surface area contributed by atoms with E-state index in [0.29, 0.717) is 18.3 Å². The summed E-state index contributed by atoms with van der Waals surface area (Å²) in [5.74, 6) is -0.182. The highest BCUT2D eigenvalue weighted by Crippen LogP contribution is 2.27. The van der Waals surface area contributed by atoms with E-state index in [0.717, 1.165) is 37.8 Å². The van der Waals surface area contributed by atoms with Gasteiger partial charge in [-0.3, -0.25) is 0 Å². The highest BCUT2D eigenvalue weighted by molar-refractivity contribution is 5.50. The summed E-state index contributed by atoms with van der Waals surface area (Å²) in [6.45, 7) is 5.75. The monoisotopic (exact) mass is 294 g/mol. The number of halogens is 1. The summed E-state index contributed by atoms with van der Waals surface area (Å²) >= 11 is 0. The van der Waals surface area contributed by atoms with Crippen LogP contribution in [0.5, 0.6) is 0 Å². The molecule has 0 spiro atoms. The van der Waals surface area contributed by atoms with Crippen LogP contribution in [-0.2, 0) is 6.54 Å². The van der Waals surface area contributed by atoms with Crippen molar-refractivity contribution in [3.63, 3.8) is 0 Å². The van der Waals surface area contributed by atoms with Crippen LogP contribution in [0.1, 0.15) is 45.1 Å². The molecule has 4 heteroatoms. The lowest BCUT2D eigenvalue weighted by Crippen LogP contribution is -2.38. The standard InChI is InChI=1S/C17H27FN2O/c1-13(2)19-11-14-7-8-17(16(18)10-14)20-9-5-3-4-6-15(20)12-21/h7-8,10,13,15,19,21H,3-6,9,11-12H2,1-2H3. The third-order valence-corrected chi connectivity index (χ3v) is 4.12. The molecule has 0 aliphatic carbocycles. The Morgan fingerprint density at radius 1 is 1.33 bits per heavy atom. The summed E-state index contributed by atoms with van der Waals surface area (Å²) < 4.78 is 14.5. The molecule has 2 N–H and O–H groups in total. The van der Waals surface area contributed by atoms with Gasteiger partial charge in [0.15, 0.2) is 0 Å². The predicted octanol–water partition coefficient (Wildman–Crippen LogP) is 3.07. The Balaban J connectivity index is 2.14. The molecule has 1 heterocycles. The van der Waals surface area contributed by atoms with Crippen LogP contribution in [0.2, 0.25) is 0 Å². The minimum atomic E-state index is -0.182. The van der Waals surface area contributed by atoms with Gasteiger partial charge in [0.1, 0.15) is 5.82 Å². The van der Waals surface area contributed by atoms with E-state index in [1.165, 1.54) is 0 Å². The maximum Gasteiger partial charge on any atom is 0.146 e. The van der Waals surface area contributed by atoms with Crippen LogP contribution in [0.25, 0.3) is 0 Å². The average molecular weight is 294 g/mol. The third kappa shape index (κ3) is 4.42. The number of rotatable bonds is 5. The SMILES string of the molecule is CC(C)NCc1ccc(N2CCCCCC2CO)c(F)c1. The van der Waals surface area contributed by atoms with Gasteiger partial charge in [-0.15, -0.1) is 0 Å². The minimum absolute atomic E-state index is 0.0432. The number of anilines is 1. The predicted molar refractivity (Wildman–Crippen MR) is 85.1 cm³/mol. The summed E-state index contributed by atoms with van der Waals surface area (Å²) in [5, 5.41) is 12.9. The largest absolute Gasteiger partial charge is 0.394 e. The van der Waals surface area contributed by atoms with E-state index >= 15 is 0 Å². The Hall–Kier alpha value is -1.13. The highest BCUT2D eigenvalue weighted by atomic mass is 19.1. The van der Waals surface area contributed by atoms with Gasteiger partial charge >= 0.3 is 0 Å². The van der Waals surface area contributed by atoms with Gasteiger partial charge in [0.2, 0.25) is 0 Å². The van der Waals surface area contributed by atoms with Crippen LogP contribution in [0, 0.1) is 5.82 Å². The van der Waals surface area contributed by atoms with Crippen LogP contribution in [0.4, 0.5) is 10.1 Å². The van der Waals surface area contributed by atoms with Crippen LogP contribution in [-0.4, -0.2) is 30.3 Å². The number of hydrogen-bond acceptors (Lipinski definition) is 3. The zero-order valence-corrected chi connectivity index (χ0v) is 13.1. The molecule has 3 nitrogen and oxygen atoms in total. The van der Waals surface area contributed by atoms with Crippen LogP contribution >= 0.6 is 0 Å². The van der Waals surface area contributed by atoms with Crippen molar-refractivity contribution in [3.05, 3.63) is 29.6 Å². The molecule has 0 bridgehead atoms. The van der Waals surface area contributed by atoms with Gasteiger partial charge in [-0.1, -0.05) is 32.8 Å². The number of aliphatic hydroxyl groups is 1. The van der Waals surface area contributed by atoms with E-state index in [9.17, 15) is 9.50 Å². The second kappa shape index (κ2) is 7.76. The first-order chi connectivity index (χ1) is 10.1. The second-order valence-corrected chi connectivity index (χ2v) is 6.20. The van der Waals surface area contributed by atoms with Crippen molar-refractivity contribution in [2.24, 2.45) is 0 Å². The lowest BCUT2D eigenvalue weighted by Gasteiger charge is -2.31. The Morgan fingerprint density at radius 3 is 2.81 bits per heavy atom. The molecule has 0 amide bonds. The second-order valence-electron chi connectivity index (χ2n) is 6.20. The molecule has 1 saturated heterocycles. The maximum absolute atomic E-state index is 14.5. The fourth-order valence-electron chi connectivity index (χ4n) is 2.90. The maximum atomic E-state index is 14.5. The summed E-state index contributed by atoms with van der Waals surface area (Å²) in [5.41, 5.74) is 1.59. The molecule has 1 aliphatic rings. The van der Waals surface area contributed by atoms with Crippen molar-refractivity contribution in [2.75, 3.05) is 18.1 Å². The van der Waals surface area contributed by atoms with Crippen LogP contribution in [0.3, 0.4) is 0 Å². The van der Waals surface area contributed by atoms with Gasteiger partial charge in [0, 0.05) is 19.1 Å². The topological polar surface area (TPSA) is 35.5 Å². The average Bonchev–Trinajstić information content (AvgIpc) is 2.70. The van der Waals surface area contributed by atoms with E-state index in [1.54, 1.807) is 6.07 Å². The van der Waals surface area contributed by atoms with Gasteiger partial charge in [-0.2, -0.15) is 0 Å². The summed E-state index contributed by atoms with van der Waals surface area (Å²) in [6, 6.07) is 5.89.